The predicted molar refractivity (Wildman–Crippen MR) is 68.6 cm³/mol. The van der Waals surface area contributed by atoms with E-state index < -0.39 is 5.97 Å². The Bertz CT molecular complexity index is 622. The Morgan fingerprint density at radius 2 is 2.00 bits per heavy atom. The van der Waals surface area contributed by atoms with Crippen LogP contribution in [0.4, 0.5) is 10.1 Å². The number of aliphatic carboxylic acids is 1. The molecule has 2 aromatic rings. The van der Waals surface area contributed by atoms with Crippen molar-refractivity contribution in [2.45, 2.75) is 13.0 Å². The summed E-state index contributed by atoms with van der Waals surface area (Å²) in [5, 5.41) is 15.0. The minimum Gasteiger partial charge on any atom is -0.480 e. The highest BCUT2D eigenvalue weighted by atomic mass is 19.1. The van der Waals surface area contributed by atoms with E-state index in [1.54, 1.807) is 0 Å². The van der Waals surface area contributed by atoms with Crippen LogP contribution in [0.5, 0.6) is 0 Å². The molecule has 1 aromatic heterocycles. The van der Waals surface area contributed by atoms with Crippen LogP contribution in [0.1, 0.15) is 5.56 Å². The summed E-state index contributed by atoms with van der Waals surface area (Å²) in [6.45, 7) is -0.270. The van der Waals surface area contributed by atoms with Gasteiger partial charge in [-0.3, -0.25) is 14.3 Å². The fraction of sp³-hybridized carbons (Fsp3) is 0.154. The van der Waals surface area contributed by atoms with Gasteiger partial charge < -0.3 is 10.4 Å². The number of rotatable bonds is 5. The normalized spacial score (nSPS) is 10.2. The number of nitrogens with one attached hydrogen (secondary N) is 1. The van der Waals surface area contributed by atoms with Crippen molar-refractivity contribution in [2.24, 2.45) is 0 Å². The van der Waals surface area contributed by atoms with Gasteiger partial charge in [-0.2, -0.15) is 5.10 Å². The van der Waals surface area contributed by atoms with Gasteiger partial charge in [0.1, 0.15) is 12.4 Å². The second kappa shape index (κ2) is 5.96. The number of carboxylic acid groups (broad SMARTS) is 1. The maximum absolute atomic E-state index is 12.7. The van der Waals surface area contributed by atoms with Crippen molar-refractivity contribution >= 4 is 17.6 Å². The molecule has 0 aliphatic heterocycles. The third-order valence-electron chi connectivity index (χ3n) is 2.49. The number of halogens is 1. The van der Waals surface area contributed by atoms with Gasteiger partial charge in [-0.25, -0.2) is 4.39 Å². The number of carboxylic acids is 1. The molecule has 0 saturated carbocycles. The van der Waals surface area contributed by atoms with Crippen LogP contribution < -0.4 is 5.32 Å². The van der Waals surface area contributed by atoms with Crippen LogP contribution in [0.25, 0.3) is 0 Å². The molecule has 1 amide bonds. The summed E-state index contributed by atoms with van der Waals surface area (Å²) in [5.74, 6) is -1.66. The maximum Gasteiger partial charge on any atom is 0.325 e. The monoisotopic (exact) mass is 277 g/mol. The van der Waals surface area contributed by atoms with Crippen LogP contribution in [0, 0.1) is 5.82 Å². The average Bonchev–Trinajstić information content (AvgIpc) is 2.78. The van der Waals surface area contributed by atoms with Crippen molar-refractivity contribution in [2.75, 3.05) is 5.32 Å². The van der Waals surface area contributed by atoms with Crippen molar-refractivity contribution in [1.82, 2.24) is 9.78 Å². The van der Waals surface area contributed by atoms with Crippen LogP contribution in [0.3, 0.4) is 0 Å². The molecule has 0 saturated heterocycles. The Hall–Kier alpha value is -2.70. The molecule has 104 valence electrons. The summed E-state index contributed by atoms with van der Waals surface area (Å²) in [4.78, 5) is 22.2. The molecule has 7 heteroatoms. The molecule has 0 aliphatic carbocycles. The van der Waals surface area contributed by atoms with E-state index in [1.807, 2.05) is 0 Å². The highest BCUT2D eigenvalue weighted by Gasteiger charge is 2.07. The molecule has 20 heavy (non-hydrogen) atoms. The minimum atomic E-state index is -1.02. The summed E-state index contributed by atoms with van der Waals surface area (Å²) in [6, 6.07) is 5.63. The molecule has 0 bridgehead atoms. The zero-order valence-corrected chi connectivity index (χ0v) is 10.4. The quantitative estimate of drug-likeness (QED) is 0.862. The molecule has 0 unspecified atom stereocenters. The zero-order chi connectivity index (χ0) is 14.5. The molecule has 0 aliphatic rings. The topological polar surface area (TPSA) is 84.2 Å². The standard InChI is InChI=1S/C13H12FN3O3/c14-10-3-1-9(2-4-10)5-12(18)16-11-6-15-17(7-11)8-13(19)20/h1-4,6-7H,5,8H2,(H,16,18)(H,19,20). The summed E-state index contributed by atoms with van der Waals surface area (Å²) in [6.07, 6.45) is 2.90. The Morgan fingerprint density at radius 3 is 2.65 bits per heavy atom. The zero-order valence-electron chi connectivity index (χ0n) is 10.4. The molecule has 0 spiro atoms. The van der Waals surface area contributed by atoms with Crippen LogP contribution in [0.15, 0.2) is 36.7 Å². The van der Waals surface area contributed by atoms with E-state index in [4.69, 9.17) is 5.11 Å². The minimum absolute atomic E-state index is 0.102. The summed E-state index contributed by atoms with van der Waals surface area (Å²) < 4.78 is 13.9. The number of benzene rings is 1. The van der Waals surface area contributed by atoms with Gasteiger partial charge in [-0.1, -0.05) is 12.1 Å². The Balaban J connectivity index is 1.92. The molecule has 0 atom stereocenters. The fourth-order valence-corrected chi connectivity index (χ4v) is 1.65. The number of anilines is 1. The molecule has 0 radical (unpaired) electrons. The Morgan fingerprint density at radius 1 is 1.30 bits per heavy atom. The van der Waals surface area contributed by atoms with Gasteiger partial charge in [-0.05, 0) is 17.7 Å². The largest absolute Gasteiger partial charge is 0.480 e. The first kappa shape index (κ1) is 13.7. The highest BCUT2D eigenvalue weighted by Crippen LogP contribution is 2.08. The van der Waals surface area contributed by atoms with Gasteiger partial charge in [0, 0.05) is 6.20 Å². The third kappa shape index (κ3) is 3.91. The molecule has 0 fully saturated rings. The second-order valence-electron chi connectivity index (χ2n) is 4.17. The maximum atomic E-state index is 12.7. The predicted octanol–water partition coefficient (Wildman–Crippen LogP) is 1.29. The van der Waals surface area contributed by atoms with Crippen LogP contribution in [0.2, 0.25) is 0 Å². The lowest BCUT2D eigenvalue weighted by Gasteiger charge is -2.02. The van der Waals surface area contributed by atoms with Gasteiger partial charge in [0.05, 0.1) is 18.3 Å². The SMILES string of the molecule is O=C(O)Cn1cc(NC(=O)Cc2ccc(F)cc2)cn1. The van der Waals surface area contributed by atoms with Crippen molar-refractivity contribution in [3.05, 3.63) is 48.0 Å². The van der Waals surface area contributed by atoms with E-state index in [9.17, 15) is 14.0 Å². The average molecular weight is 277 g/mol. The van der Waals surface area contributed by atoms with E-state index in [0.29, 0.717) is 11.3 Å². The number of amides is 1. The van der Waals surface area contributed by atoms with Gasteiger partial charge in [-0.15, -0.1) is 0 Å². The van der Waals surface area contributed by atoms with Crippen LogP contribution in [-0.2, 0) is 22.6 Å². The smallest absolute Gasteiger partial charge is 0.325 e. The van der Waals surface area contributed by atoms with Crippen molar-refractivity contribution in [3.63, 3.8) is 0 Å². The molecule has 2 N–H and O–H groups in total. The van der Waals surface area contributed by atoms with Crippen molar-refractivity contribution in [3.8, 4) is 0 Å². The summed E-state index contributed by atoms with van der Waals surface area (Å²) in [5.41, 5.74) is 1.10. The number of hydrogen-bond acceptors (Lipinski definition) is 3. The second-order valence-corrected chi connectivity index (χ2v) is 4.17. The first-order valence-corrected chi connectivity index (χ1v) is 5.81. The van der Waals surface area contributed by atoms with Gasteiger partial charge >= 0.3 is 5.97 Å². The number of nitrogens with zero attached hydrogens (tertiary/aromatic N) is 2. The lowest BCUT2D eigenvalue weighted by molar-refractivity contribution is -0.137. The van der Waals surface area contributed by atoms with Crippen LogP contribution in [-0.4, -0.2) is 26.8 Å². The molecule has 2 rings (SSSR count). The van der Waals surface area contributed by atoms with E-state index in [2.05, 4.69) is 10.4 Å². The first-order chi connectivity index (χ1) is 9.52. The highest BCUT2D eigenvalue weighted by molar-refractivity contribution is 5.92. The van der Waals surface area contributed by atoms with Crippen molar-refractivity contribution < 1.29 is 19.1 Å². The molecule has 1 aromatic carbocycles. The Kier molecular flexibility index (Phi) is 4.09. The van der Waals surface area contributed by atoms with Gasteiger partial charge in [0.15, 0.2) is 0 Å². The van der Waals surface area contributed by atoms with Gasteiger partial charge in [0.2, 0.25) is 5.91 Å². The van der Waals surface area contributed by atoms with E-state index in [-0.39, 0.29) is 24.7 Å². The number of aromatic nitrogens is 2. The van der Waals surface area contributed by atoms with E-state index in [0.717, 1.165) is 0 Å². The molecular weight excluding hydrogens is 265 g/mol. The lowest BCUT2D eigenvalue weighted by atomic mass is 10.1. The van der Waals surface area contributed by atoms with E-state index >= 15 is 0 Å². The molecular formula is C13H12FN3O3. The fourth-order valence-electron chi connectivity index (χ4n) is 1.65. The summed E-state index contributed by atoms with van der Waals surface area (Å²) >= 11 is 0. The number of carbonyl (C=O) groups excluding carboxylic acids is 1. The Labute approximate surface area is 113 Å². The van der Waals surface area contributed by atoms with E-state index in [1.165, 1.54) is 41.3 Å². The molecule has 1 heterocycles. The molecule has 6 nitrogen and oxygen atoms in total. The lowest BCUT2D eigenvalue weighted by Crippen LogP contribution is -2.14. The van der Waals surface area contributed by atoms with Crippen LogP contribution >= 0.6 is 0 Å². The number of hydrogen-bond donors (Lipinski definition) is 2. The van der Waals surface area contributed by atoms with Crippen molar-refractivity contribution in [1.29, 1.82) is 0 Å². The summed E-state index contributed by atoms with van der Waals surface area (Å²) in [7, 11) is 0. The first-order valence-electron chi connectivity index (χ1n) is 5.81. The third-order valence-corrected chi connectivity index (χ3v) is 2.49. The number of carbonyl (C=O) groups is 2. The van der Waals surface area contributed by atoms with Gasteiger partial charge in [0.25, 0.3) is 0 Å².